The first-order valence-electron chi connectivity index (χ1n) is 6.21. The zero-order valence-corrected chi connectivity index (χ0v) is 10.9. The van der Waals surface area contributed by atoms with Crippen molar-refractivity contribution in [3.05, 3.63) is 39.9 Å². The highest BCUT2D eigenvalue weighted by Crippen LogP contribution is 2.17. The number of amides is 1. The predicted molar refractivity (Wildman–Crippen MR) is 71.0 cm³/mol. The first-order valence-corrected chi connectivity index (χ1v) is 6.21. The molecule has 7 nitrogen and oxygen atoms in total. The fourth-order valence-corrected chi connectivity index (χ4v) is 1.68. The van der Waals surface area contributed by atoms with Gasteiger partial charge in [0.25, 0.3) is 5.69 Å². The van der Waals surface area contributed by atoms with Crippen LogP contribution in [0.5, 0.6) is 0 Å². The van der Waals surface area contributed by atoms with Gasteiger partial charge in [0.15, 0.2) is 0 Å². The van der Waals surface area contributed by atoms with E-state index in [4.69, 9.17) is 5.11 Å². The summed E-state index contributed by atoms with van der Waals surface area (Å²) in [6.45, 7) is 0.0922. The highest BCUT2D eigenvalue weighted by molar-refractivity contribution is 5.76. The number of para-hydroxylation sites is 1. The molecule has 0 atom stereocenters. The average Bonchev–Trinajstić information content (AvgIpc) is 2.41. The van der Waals surface area contributed by atoms with Crippen LogP contribution in [0.3, 0.4) is 0 Å². The number of carboxylic acid groups (broad SMARTS) is 1. The number of nitrogens with zero attached hydrogens (tertiary/aromatic N) is 1. The quantitative estimate of drug-likeness (QED) is 0.429. The van der Waals surface area contributed by atoms with Crippen molar-refractivity contribution in [3.8, 4) is 0 Å². The molecule has 0 bridgehead atoms. The number of aliphatic carboxylic acids is 1. The second-order valence-electron chi connectivity index (χ2n) is 4.26. The molecule has 0 aliphatic heterocycles. The number of hydrogen-bond donors (Lipinski definition) is 2. The Kier molecular flexibility index (Phi) is 6.15. The van der Waals surface area contributed by atoms with Crippen molar-refractivity contribution in [3.63, 3.8) is 0 Å². The number of benzene rings is 1. The largest absolute Gasteiger partial charge is 0.481 e. The van der Waals surface area contributed by atoms with Crippen LogP contribution >= 0.6 is 0 Å². The minimum Gasteiger partial charge on any atom is -0.481 e. The number of nitro groups is 1. The van der Waals surface area contributed by atoms with Crippen molar-refractivity contribution >= 4 is 17.6 Å². The van der Waals surface area contributed by atoms with E-state index in [-0.39, 0.29) is 31.0 Å². The van der Waals surface area contributed by atoms with E-state index >= 15 is 0 Å². The first kappa shape index (κ1) is 15.6. The summed E-state index contributed by atoms with van der Waals surface area (Å²) >= 11 is 0. The topological polar surface area (TPSA) is 110 Å². The number of unbranched alkanes of at least 4 members (excludes halogenated alkanes) is 1. The molecule has 0 aliphatic rings. The van der Waals surface area contributed by atoms with E-state index in [0.29, 0.717) is 18.4 Å². The molecule has 0 aliphatic carbocycles. The molecular formula is C13H16N2O5. The Balaban J connectivity index is 2.38. The first-order chi connectivity index (χ1) is 9.50. The summed E-state index contributed by atoms with van der Waals surface area (Å²) in [4.78, 5) is 32.1. The molecule has 0 fully saturated rings. The van der Waals surface area contributed by atoms with E-state index in [0.717, 1.165) is 0 Å². The highest BCUT2D eigenvalue weighted by atomic mass is 16.6. The van der Waals surface area contributed by atoms with E-state index in [9.17, 15) is 19.7 Å². The highest BCUT2D eigenvalue weighted by Gasteiger charge is 2.12. The number of hydrogen-bond acceptors (Lipinski definition) is 4. The Labute approximate surface area is 115 Å². The zero-order chi connectivity index (χ0) is 15.0. The summed E-state index contributed by atoms with van der Waals surface area (Å²) in [7, 11) is 0. The number of carbonyl (C=O) groups excluding carboxylic acids is 1. The number of carboxylic acids is 1. The van der Waals surface area contributed by atoms with Gasteiger partial charge in [-0.25, -0.2) is 0 Å². The van der Waals surface area contributed by atoms with Gasteiger partial charge in [-0.2, -0.15) is 0 Å². The van der Waals surface area contributed by atoms with Crippen LogP contribution in [0, 0.1) is 10.1 Å². The average molecular weight is 280 g/mol. The third kappa shape index (κ3) is 5.47. The lowest BCUT2D eigenvalue weighted by Crippen LogP contribution is -2.22. The van der Waals surface area contributed by atoms with E-state index in [2.05, 4.69) is 5.32 Å². The van der Waals surface area contributed by atoms with Gasteiger partial charge in [0.1, 0.15) is 0 Å². The molecule has 1 rings (SSSR count). The maximum absolute atomic E-state index is 11.5. The molecule has 0 spiro atoms. The minimum absolute atomic E-state index is 0.0290. The molecule has 2 N–H and O–H groups in total. The monoisotopic (exact) mass is 280 g/mol. The van der Waals surface area contributed by atoms with Crippen molar-refractivity contribution < 1.29 is 19.6 Å². The smallest absolute Gasteiger partial charge is 0.303 e. The Morgan fingerprint density at radius 1 is 1.20 bits per heavy atom. The van der Waals surface area contributed by atoms with Crippen LogP contribution < -0.4 is 5.32 Å². The SMILES string of the molecule is O=C(O)CCCCC(=O)NCc1ccccc1[N+](=O)[O-]. The van der Waals surface area contributed by atoms with Crippen LogP contribution in [0.1, 0.15) is 31.2 Å². The number of nitrogens with one attached hydrogen (secondary N) is 1. The Hall–Kier alpha value is -2.44. The fourth-order valence-electron chi connectivity index (χ4n) is 1.68. The molecule has 20 heavy (non-hydrogen) atoms. The summed E-state index contributed by atoms with van der Waals surface area (Å²) in [5.74, 6) is -1.13. The van der Waals surface area contributed by atoms with Crippen LogP contribution in [0.25, 0.3) is 0 Å². The van der Waals surface area contributed by atoms with Crippen LogP contribution in [0.15, 0.2) is 24.3 Å². The Bertz CT molecular complexity index is 501. The molecule has 1 aromatic rings. The number of nitro benzene ring substituents is 1. The van der Waals surface area contributed by atoms with Crippen LogP contribution in [0.4, 0.5) is 5.69 Å². The van der Waals surface area contributed by atoms with E-state index < -0.39 is 10.9 Å². The molecule has 1 aromatic carbocycles. The molecule has 108 valence electrons. The maximum atomic E-state index is 11.5. The van der Waals surface area contributed by atoms with Crippen molar-refractivity contribution in [2.75, 3.05) is 0 Å². The van der Waals surface area contributed by atoms with E-state index in [1.54, 1.807) is 18.2 Å². The molecule has 0 heterocycles. The summed E-state index contributed by atoms with van der Waals surface area (Å²) in [6.07, 6.45) is 1.18. The van der Waals surface area contributed by atoms with Gasteiger partial charge in [-0.15, -0.1) is 0 Å². The van der Waals surface area contributed by atoms with Gasteiger partial charge in [-0.1, -0.05) is 18.2 Å². The van der Waals surface area contributed by atoms with Crippen LogP contribution in [-0.2, 0) is 16.1 Å². The molecule has 0 radical (unpaired) electrons. The molecular weight excluding hydrogens is 264 g/mol. The number of rotatable bonds is 8. The lowest BCUT2D eigenvalue weighted by atomic mass is 10.1. The Morgan fingerprint density at radius 3 is 2.50 bits per heavy atom. The van der Waals surface area contributed by atoms with Crippen molar-refractivity contribution in [2.24, 2.45) is 0 Å². The van der Waals surface area contributed by atoms with E-state index in [1.165, 1.54) is 6.07 Å². The summed E-state index contributed by atoms with van der Waals surface area (Å²) < 4.78 is 0. The predicted octanol–water partition coefficient (Wildman–Crippen LogP) is 1.86. The van der Waals surface area contributed by atoms with Crippen molar-refractivity contribution in [2.45, 2.75) is 32.2 Å². The van der Waals surface area contributed by atoms with Gasteiger partial charge in [0.2, 0.25) is 5.91 Å². The second kappa shape index (κ2) is 7.88. The lowest BCUT2D eigenvalue weighted by molar-refractivity contribution is -0.385. The third-order valence-electron chi connectivity index (χ3n) is 2.71. The summed E-state index contributed by atoms with van der Waals surface area (Å²) in [6, 6.07) is 6.20. The molecule has 0 unspecified atom stereocenters. The molecule has 0 saturated heterocycles. The van der Waals surface area contributed by atoms with Crippen molar-refractivity contribution in [1.82, 2.24) is 5.32 Å². The second-order valence-corrected chi connectivity index (χ2v) is 4.26. The van der Waals surface area contributed by atoms with Crippen LogP contribution in [-0.4, -0.2) is 21.9 Å². The number of carbonyl (C=O) groups is 2. The third-order valence-corrected chi connectivity index (χ3v) is 2.71. The minimum atomic E-state index is -0.884. The van der Waals surface area contributed by atoms with Crippen molar-refractivity contribution in [1.29, 1.82) is 0 Å². The van der Waals surface area contributed by atoms with E-state index in [1.807, 2.05) is 0 Å². The zero-order valence-electron chi connectivity index (χ0n) is 10.9. The van der Waals surface area contributed by atoms with Gasteiger partial charge in [-0.05, 0) is 12.8 Å². The lowest BCUT2D eigenvalue weighted by Gasteiger charge is -2.05. The summed E-state index contributed by atoms with van der Waals surface area (Å²) in [5, 5.41) is 21.8. The van der Waals surface area contributed by atoms with Gasteiger partial charge >= 0.3 is 5.97 Å². The standard InChI is InChI=1S/C13H16N2O5/c16-12(7-3-4-8-13(17)18)14-9-10-5-1-2-6-11(10)15(19)20/h1-2,5-6H,3-4,7-9H2,(H,14,16)(H,17,18). The normalized spacial score (nSPS) is 10.0. The fraction of sp³-hybridized carbons (Fsp3) is 0.385. The molecule has 7 heteroatoms. The van der Waals surface area contributed by atoms with Gasteiger partial charge < -0.3 is 10.4 Å². The molecule has 1 amide bonds. The molecule has 0 saturated carbocycles. The Morgan fingerprint density at radius 2 is 1.85 bits per heavy atom. The molecule has 0 aromatic heterocycles. The van der Waals surface area contributed by atoms with Gasteiger partial charge in [-0.3, -0.25) is 19.7 Å². The maximum Gasteiger partial charge on any atom is 0.303 e. The van der Waals surface area contributed by atoms with Gasteiger partial charge in [0.05, 0.1) is 4.92 Å². The van der Waals surface area contributed by atoms with Crippen LogP contribution in [0.2, 0.25) is 0 Å². The summed E-state index contributed by atoms with van der Waals surface area (Å²) in [5.41, 5.74) is 0.412. The van der Waals surface area contributed by atoms with Gasteiger partial charge in [0, 0.05) is 31.0 Å².